The summed E-state index contributed by atoms with van der Waals surface area (Å²) in [6, 6.07) is 12.1. The Kier molecular flexibility index (Phi) is 7.75. The minimum absolute atomic E-state index is 0.373. The Labute approximate surface area is 158 Å². The van der Waals surface area contributed by atoms with Crippen molar-refractivity contribution in [3.8, 4) is 11.5 Å². The Morgan fingerprint density at radius 2 is 1.84 bits per heavy atom. The van der Waals surface area contributed by atoms with Gasteiger partial charge in [0, 0.05) is 17.6 Å². The third-order valence-electron chi connectivity index (χ3n) is 3.81. The van der Waals surface area contributed by atoms with Crippen molar-refractivity contribution in [1.29, 1.82) is 0 Å². The van der Waals surface area contributed by atoms with Gasteiger partial charge in [-0.3, -0.25) is 0 Å². The first-order valence-electron chi connectivity index (χ1n) is 8.52. The van der Waals surface area contributed by atoms with E-state index in [-0.39, 0.29) is 6.10 Å². The first-order chi connectivity index (χ1) is 12.0. The predicted octanol–water partition coefficient (Wildman–Crippen LogP) is 4.21. The van der Waals surface area contributed by atoms with Crippen LogP contribution in [-0.2, 0) is 13.2 Å². The zero-order valence-electron chi connectivity index (χ0n) is 15.0. The molecular weight excluding hydrogens is 382 g/mol. The second-order valence-electron chi connectivity index (χ2n) is 6.02. The van der Waals surface area contributed by atoms with Gasteiger partial charge in [0.25, 0.3) is 0 Å². The molecule has 0 bridgehead atoms. The molecule has 2 rings (SSSR count). The summed E-state index contributed by atoms with van der Waals surface area (Å²) >= 11 is 3.60. The molecule has 0 aliphatic heterocycles. The van der Waals surface area contributed by atoms with Gasteiger partial charge in [-0.25, -0.2) is 0 Å². The number of halogens is 1. The van der Waals surface area contributed by atoms with Crippen LogP contribution in [0.4, 0.5) is 0 Å². The van der Waals surface area contributed by atoms with Gasteiger partial charge in [-0.1, -0.05) is 40.2 Å². The molecule has 2 N–H and O–H groups in total. The van der Waals surface area contributed by atoms with Crippen molar-refractivity contribution in [2.24, 2.45) is 0 Å². The molecule has 2 aromatic carbocycles. The molecule has 0 saturated heterocycles. The van der Waals surface area contributed by atoms with Crippen LogP contribution in [0.1, 0.15) is 30.5 Å². The molecule has 0 spiro atoms. The molecule has 0 amide bonds. The number of rotatable bonds is 9. The molecule has 0 aliphatic carbocycles. The van der Waals surface area contributed by atoms with Crippen molar-refractivity contribution in [2.45, 2.75) is 40.0 Å². The zero-order chi connectivity index (χ0) is 18.2. The van der Waals surface area contributed by atoms with Crippen LogP contribution >= 0.6 is 15.9 Å². The standard InChI is InChI=1S/C20H26BrNO3/c1-4-24-19-9-17(12-22-11-15(3)23)18(21)10-20(19)25-13-16-8-6-5-7-14(16)2/h5-10,15,22-23H,4,11-13H2,1-3H3. The van der Waals surface area contributed by atoms with Crippen molar-refractivity contribution in [3.05, 3.63) is 57.6 Å². The van der Waals surface area contributed by atoms with Gasteiger partial charge in [-0.05, 0) is 49.6 Å². The van der Waals surface area contributed by atoms with E-state index in [1.54, 1.807) is 6.92 Å². The van der Waals surface area contributed by atoms with E-state index in [1.807, 2.05) is 31.2 Å². The summed E-state index contributed by atoms with van der Waals surface area (Å²) in [7, 11) is 0. The molecule has 25 heavy (non-hydrogen) atoms. The van der Waals surface area contributed by atoms with Gasteiger partial charge < -0.3 is 19.9 Å². The maximum Gasteiger partial charge on any atom is 0.162 e. The minimum atomic E-state index is -0.373. The lowest BCUT2D eigenvalue weighted by molar-refractivity contribution is 0.191. The second kappa shape index (κ2) is 9.80. The first kappa shape index (κ1) is 19.8. The molecule has 5 heteroatoms. The van der Waals surface area contributed by atoms with Crippen LogP contribution in [0.3, 0.4) is 0 Å². The van der Waals surface area contributed by atoms with E-state index in [1.165, 1.54) is 5.56 Å². The van der Waals surface area contributed by atoms with Crippen LogP contribution in [0.15, 0.2) is 40.9 Å². The van der Waals surface area contributed by atoms with Crippen LogP contribution in [0, 0.1) is 6.92 Å². The van der Waals surface area contributed by atoms with Crippen molar-refractivity contribution in [1.82, 2.24) is 5.32 Å². The Hall–Kier alpha value is -1.56. The van der Waals surface area contributed by atoms with Gasteiger partial charge >= 0.3 is 0 Å². The highest BCUT2D eigenvalue weighted by molar-refractivity contribution is 9.10. The number of aryl methyl sites for hydroxylation is 1. The predicted molar refractivity (Wildman–Crippen MR) is 104 cm³/mol. The van der Waals surface area contributed by atoms with Gasteiger partial charge in [0.05, 0.1) is 12.7 Å². The number of hydrogen-bond donors (Lipinski definition) is 2. The van der Waals surface area contributed by atoms with Gasteiger partial charge in [0.1, 0.15) is 6.61 Å². The maximum absolute atomic E-state index is 9.36. The monoisotopic (exact) mass is 407 g/mol. The highest BCUT2D eigenvalue weighted by Gasteiger charge is 2.12. The molecule has 4 nitrogen and oxygen atoms in total. The SMILES string of the molecule is CCOc1cc(CNCC(C)O)c(Br)cc1OCc1ccccc1C. The third-order valence-corrected chi connectivity index (χ3v) is 4.55. The molecule has 1 unspecified atom stereocenters. The normalized spacial score (nSPS) is 12.0. The van der Waals surface area contributed by atoms with Crippen LogP contribution < -0.4 is 14.8 Å². The van der Waals surface area contributed by atoms with Crippen LogP contribution in [0.25, 0.3) is 0 Å². The quantitative estimate of drug-likeness (QED) is 0.653. The van der Waals surface area contributed by atoms with Crippen LogP contribution in [0.5, 0.6) is 11.5 Å². The summed E-state index contributed by atoms with van der Waals surface area (Å²) in [5.41, 5.74) is 3.43. The number of ether oxygens (including phenoxy) is 2. The summed E-state index contributed by atoms with van der Waals surface area (Å²) in [5, 5.41) is 12.6. The van der Waals surface area contributed by atoms with E-state index < -0.39 is 0 Å². The zero-order valence-corrected chi connectivity index (χ0v) is 16.6. The Bertz CT molecular complexity index is 689. The largest absolute Gasteiger partial charge is 0.490 e. The van der Waals surface area contributed by atoms with E-state index in [4.69, 9.17) is 9.47 Å². The number of aliphatic hydroxyl groups is 1. The third kappa shape index (κ3) is 6.03. The fourth-order valence-electron chi connectivity index (χ4n) is 2.44. The fourth-order valence-corrected chi connectivity index (χ4v) is 2.90. The highest BCUT2D eigenvalue weighted by atomic mass is 79.9. The average molecular weight is 408 g/mol. The van der Waals surface area contributed by atoms with E-state index in [2.05, 4.69) is 40.3 Å². The summed E-state index contributed by atoms with van der Waals surface area (Å²) in [4.78, 5) is 0. The summed E-state index contributed by atoms with van der Waals surface area (Å²) in [6.45, 7) is 8.05. The van der Waals surface area contributed by atoms with E-state index in [0.717, 1.165) is 27.1 Å². The number of aliphatic hydroxyl groups excluding tert-OH is 1. The Balaban J connectivity index is 2.13. The molecule has 1 atom stereocenters. The summed E-state index contributed by atoms with van der Waals surface area (Å²) in [6.07, 6.45) is -0.373. The van der Waals surface area contributed by atoms with Gasteiger partial charge in [-0.15, -0.1) is 0 Å². The first-order valence-corrected chi connectivity index (χ1v) is 9.31. The van der Waals surface area contributed by atoms with Gasteiger partial charge in [0.2, 0.25) is 0 Å². The highest BCUT2D eigenvalue weighted by Crippen LogP contribution is 2.34. The lowest BCUT2D eigenvalue weighted by Crippen LogP contribution is -2.24. The molecule has 0 aromatic heterocycles. The molecule has 136 valence electrons. The molecule has 0 radical (unpaired) electrons. The average Bonchev–Trinajstić information content (AvgIpc) is 2.57. The smallest absolute Gasteiger partial charge is 0.162 e. The molecule has 0 heterocycles. The molecular formula is C20H26BrNO3. The molecule has 0 fully saturated rings. The molecule has 0 saturated carbocycles. The lowest BCUT2D eigenvalue weighted by Gasteiger charge is -2.16. The van der Waals surface area contributed by atoms with E-state index in [0.29, 0.717) is 26.3 Å². The van der Waals surface area contributed by atoms with Crippen molar-refractivity contribution in [2.75, 3.05) is 13.2 Å². The van der Waals surface area contributed by atoms with Crippen LogP contribution in [-0.4, -0.2) is 24.4 Å². The van der Waals surface area contributed by atoms with E-state index in [9.17, 15) is 5.11 Å². The van der Waals surface area contributed by atoms with E-state index >= 15 is 0 Å². The van der Waals surface area contributed by atoms with Crippen molar-refractivity contribution in [3.63, 3.8) is 0 Å². The number of nitrogens with one attached hydrogen (secondary N) is 1. The summed E-state index contributed by atoms with van der Waals surface area (Å²) < 4.78 is 12.7. The summed E-state index contributed by atoms with van der Waals surface area (Å²) in [5.74, 6) is 1.45. The number of benzene rings is 2. The van der Waals surface area contributed by atoms with Crippen LogP contribution in [0.2, 0.25) is 0 Å². The molecule has 0 aliphatic rings. The molecule has 2 aromatic rings. The lowest BCUT2D eigenvalue weighted by atomic mass is 10.1. The van der Waals surface area contributed by atoms with Gasteiger partial charge in [-0.2, -0.15) is 0 Å². The number of hydrogen-bond acceptors (Lipinski definition) is 4. The second-order valence-corrected chi connectivity index (χ2v) is 6.87. The topological polar surface area (TPSA) is 50.7 Å². The van der Waals surface area contributed by atoms with Crippen molar-refractivity contribution >= 4 is 15.9 Å². The Morgan fingerprint density at radius 1 is 1.12 bits per heavy atom. The fraction of sp³-hybridized carbons (Fsp3) is 0.400. The minimum Gasteiger partial charge on any atom is -0.490 e. The van der Waals surface area contributed by atoms with Gasteiger partial charge in [0.15, 0.2) is 11.5 Å². The maximum atomic E-state index is 9.36. The Morgan fingerprint density at radius 3 is 2.52 bits per heavy atom. The van der Waals surface area contributed by atoms with Crippen molar-refractivity contribution < 1.29 is 14.6 Å².